The van der Waals surface area contributed by atoms with Crippen molar-refractivity contribution in [2.24, 2.45) is 0 Å². The SMILES string of the molecule is c1ccc([C@H]2CO[C@@]3(CCc4ccccc4O3)S2)cc1. The molecule has 4 rings (SSSR count). The molecular formula is C17H16O2S. The van der Waals surface area contributed by atoms with Crippen molar-refractivity contribution in [3.8, 4) is 5.75 Å². The Bertz CT molecular complexity index is 613. The van der Waals surface area contributed by atoms with Crippen LogP contribution in [0.4, 0.5) is 0 Å². The summed E-state index contributed by atoms with van der Waals surface area (Å²) in [5.74, 6) is 0.972. The first-order valence-corrected chi connectivity index (χ1v) is 7.86. The van der Waals surface area contributed by atoms with Crippen molar-refractivity contribution in [2.75, 3.05) is 6.61 Å². The smallest absolute Gasteiger partial charge is 0.261 e. The second kappa shape index (κ2) is 4.83. The number of benzene rings is 2. The summed E-state index contributed by atoms with van der Waals surface area (Å²) < 4.78 is 12.2. The Kier molecular flexibility index (Phi) is 2.97. The van der Waals surface area contributed by atoms with Gasteiger partial charge in [-0.2, -0.15) is 0 Å². The predicted octanol–water partition coefficient (Wildman–Crippen LogP) is 4.17. The molecule has 2 aromatic carbocycles. The number of hydrogen-bond donors (Lipinski definition) is 0. The Hall–Kier alpha value is -1.45. The maximum absolute atomic E-state index is 6.17. The van der Waals surface area contributed by atoms with E-state index in [-0.39, 0.29) is 0 Å². The molecule has 2 nitrogen and oxygen atoms in total. The molecule has 0 saturated carbocycles. The first-order chi connectivity index (χ1) is 9.85. The van der Waals surface area contributed by atoms with Gasteiger partial charge in [-0.1, -0.05) is 60.3 Å². The molecule has 0 radical (unpaired) electrons. The third-order valence-corrected chi connectivity index (χ3v) is 5.34. The normalized spacial score (nSPS) is 28.1. The second-order valence-corrected chi connectivity index (χ2v) is 6.65. The third-order valence-electron chi connectivity index (χ3n) is 3.89. The van der Waals surface area contributed by atoms with Crippen LogP contribution in [0.2, 0.25) is 0 Å². The molecule has 1 spiro atoms. The molecule has 2 heterocycles. The summed E-state index contributed by atoms with van der Waals surface area (Å²) in [6, 6.07) is 18.8. The van der Waals surface area contributed by atoms with E-state index in [0.29, 0.717) is 5.25 Å². The van der Waals surface area contributed by atoms with Crippen molar-refractivity contribution in [3.63, 3.8) is 0 Å². The lowest BCUT2D eigenvalue weighted by Gasteiger charge is -2.33. The molecule has 0 unspecified atom stereocenters. The van der Waals surface area contributed by atoms with Crippen LogP contribution in [0.25, 0.3) is 0 Å². The zero-order chi connectivity index (χ0) is 13.4. The molecule has 0 aromatic heterocycles. The average Bonchev–Trinajstić information content (AvgIpc) is 2.92. The van der Waals surface area contributed by atoms with E-state index in [0.717, 1.165) is 25.2 Å². The van der Waals surface area contributed by atoms with Gasteiger partial charge in [0.15, 0.2) is 0 Å². The number of hydrogen-bond acceptors (Lipinski definition) is 3. The highest BCUT2D eigenvalue weighted by atomic mass is 32.2. The van der Waals surface area contributed by atoms with Crippen LogP contribution >= 0.6 is 11.8 Å². The zero-order valence-electron chi connectivity index (χ0n) is 11.1. The Morgan fingerprint density at radius 3 is 2.70 bits per heavy atom. The molecule has 0 N–H and O–H groups in total. The molecule has 1 saturated heterocycles. The van der Waals surface area contributed by atoms with Crippen molar-refractivity contribution in [1.29, 1.82) is 0 Å². The highest BCUT2D eigenvalue weighted by Gasteiger charge is 2.46. The number of ether oxygens (including phenoxy) is 2. The van der Waals surface area contributed by atoms with Crippen LogP contribution in [-0.4, -0.2) is 11.7 Å². The highest BCUT2D eigenvalue weighted by molar-refractivity contribution is 8.00. The van der Waals surface area contributed by atoms with Gasteiger partial charge in [0.05, 0.1) is 11.9 Å². The van der Waals surface area contributed by atoms with Gasteiger partial charge in [-0.15, -0.1) is 0 Å². The molecule has 2 aliphatic heterocycles. The van der Waals surface area contributed by atoms with Crippen LogP contribution < -0.4 is 4.74 Å². The minimum Gasteiger partial charge on any atom is -0.452 e. The van der Waals surface area contributed by atoms with E-state index in [9.17, 15) is 0 Å². The summed E-state index contributed by atoms with van der Waals surface area (Å²) >= 11 is 1.81. The number of rotatable bonds is 1. The lowest BCUT2D eigenvalue weighted by Crippen LogP contribution is -2.35. The van der Waals surface area contributed by atoms with Crippen LogP contribution in [0.5, 0.6) is 5.75 Å². The number of thioether (sulfide) groups is 1. The van der Waals surface area contributed by atoms with Crippen LogP contribution in [0.15, 0.2) is 54.6 Å². The van der Waals surface area contributed by atoms with Crippen molar-refractivity contribution >= 4 is 11.8 Å². The topological polar surface area (TPSA) is 18.5 Å². The summed E-state index contributed by atoms with van der Waals surface area (Å²) in [6.45, 7) is 0.719. The molecular weight excluding hydrogens is 268 g/mol. The fraction of sp³-hybridized carbons (Fsp3) is 0.294. The standard InChI is InChI=1S/C17H16O2S/c1-2-7-14(8-3-1)16-12-18-17(20-16)11-10-13-6-4-5-9-15(13)19-17/h1-9,16H,10-12H2/t16-,17-/m1/s1. The maximum atomic E-state index is 6.17. The first-order valence-electron chi connectivity index (χ1n) is 6.98. The highest BCUT2D eigenvalue weighted by Crippen LogP contribution is 2.51. The van der Waals surface area contributed by atoms with Gasteiger partial charge in [-0.25, -0.2) is 0 Å². The van der Waals surface area contributed by atoms with E-state index in [1.165, 1.54) is 11.1 Å². The van der Waals surface area contributed by atoms with Gasteiger partial charge in [-0.05, 0) is 23.6 Å². The molecule has 3 heteroatoms. The number of para-hydroxylation sites is 1. The van der Waals surface area contributed by atoms with Crippen molar-refractivity contribution in [1.82, 2.24) is 0 Å². The molecule has 0 bridgehead atoms. The van der Waals surface area contributed by atoms with E-state index in [1.807, 2.05) is 18.2 Å². The lowest BCUT2D eigenvalue weighted by molar-refractivity contribution is -0.108. The average molecular weight is 284 g/mol. The number of aryl methyl sites for hydroxylation is 1. The lowest BCUT2D eigenvalue weighted by atomic mass is 10.1. The van der Waals surface area contributed by atoms with Crippen LogP contribution in [-0.2, 0) is 11.2 Å². The molecule has 102 valence electrons. The van der Waals surface area contributed by atoms with Crippen molar-refractivity contribution in [3.05, 3.63) is 65.7 Å². The molecule has 1 fully saturated rings. The summed E-state index contributed by atoms with van der Waals surface area (Å²) in [6.07, 6.45) is 1.93. The van der Waals surface area contributed by atoms with Gasteiger partial charge in [0.2, 0.25) is 0 Å². The van der Waals surface area contributed by atoms with Crippen LogP contribution in [0.1, 0.15) is 22.8 Å². The van der Waals surface area contributed by atoms with E-state index in [4.69, 9.17) is 9.47 Å². The zero-order valence-corrected chi connectivity index (χ0v) is 11.9. The molecule has 0 aliphatic carbocycles. The van der Waals surface area contributed by atoms with Gasteiger partial charge in [0, 0.05) is 6.42 Å². The second-order valence-electron chi connectivity index (χ2n) is 5.22. The van der Waals surface area contributed by atoms with Gasteiger partial charge in [0.25, 0.3) is 5.12 Å². The summed E-state index contributed by atoms with van der Waals surface area (Å²) in [7, 11) is 0. The molecule has 2 atom stereocenters. The van der Waals surface area contributed by atoms with Crippen molar-refractivity contribution < 1.29 is 9.47 Å². The van der Waals surface area contributed by atoms with Gasteiger partial charge >= 0.3 is 0 Å². The van der Waals surface area contributed by atoms with Crippen molar-refractivity contribution in [2.45, 2.75) is 23.2 Å². The first kappa shape index (κ1) is 12.3. The fourth-order valence-corrected chi connectivity index (χ4v) is 4.18. The van der Waals surface area contributed by atoms with Crippen LogP contribution in [0.3, 0.4) is 0 Å². The third kappa shape index (κ3) is 2.11. The monoisotopic (exact) mass is 284 g/mol. The minimum atomic E-state index is -0.491. The Morgan fingerprint density at radius 2 is 1.80 bits per heavy atom. The Balaban J connectivity index is 1.57. The van der Waals surface area contributed by atoms with Gasteiger partial charge in [-0.3, -0.25) is 0 Å². The van der Waals surface area contributed by atoms with Gasteiger partial charge in [0.1, 0.15) is 5.75 Å². The predicted molar refractivity (Wildman–Crippen MR) is 80.8 cm³/mol. The van der Waals surface area contributed by atoms with E-state index in [1.54, 1.807) is 11.8 Å². The van der Waals surface area contributed by atoms with E-state index in [2.05, 4.69) is 36.4 Å². The van der Waals surface area contributed by atoms with Gasteiger partial charge < -0.3 is 9.47 Å². The summed E-state index contributed by atoms with van der Waals surface area (Å²) in [5, 5.41) is -0.129. The molecule has 2 aromatic rings. The van der Waals surface area contributed by atoms with Crippen LogP contribution in [0, 0.1) is 0 Å². The number of fused-ring (bicyclic) bond motifs is 1. The Labute approximate surface area is 123 Å². The fourth-order valence-electron chi connectivity index (χ4n) is 2.82. The van der Waals surface area contributed by atoms with E-state index >= 15 is 0 Å². The quantitative estimate of drug-likeness (QED) is 0.783. The summed E-state index contributed by atoms with van der Waals surface area (Å²) in [5.41, 5.74) is 2.60. The van der Waals surface area contributed by atoms with E-state index < -0.39 is 5.12 Å². The molecule has 2 aliphatic rings. The Morgan fingerprint density at radius 1 is 1.00 bits per heavy atom. The maximum Gasteiger partial charge on any atom is 0.261 e. The largest absolute Gasteiger partial charge is 0.452 e. The molecule has 20 heavy (non-hydrogen) atoms. The summed E-state index contributed by atoms with van der Waals surface area (Å²) in [4.78, 5) is 0. The minimum absolute atomic E-state index is 0.362. The molecule has 0 amide bonds.